The Hall–Kier alpha value is -4.17. The highest BCUT2D eigenvalue weighted by molar-refractivity contribution is 6.05. The molecular weight excluding hydrogens is 476 g/mol. The van der Waals surface area contributed by atoms with Crippen molar-refractivity contribution in [1.82, 2.24) is 10.0 Å². The zero-order valence-corrected chi connectivity index (χ0v) is 21.8. The molecule has 1 amide bonds. The molecule has 0 radical (unpaired) electrons. The van der Waals surface area contributed by atoms with Gasteiger partial charge in [0.15, 0.2) is 0 Å². The first-order chi connectivity index (χ1) is 18.5. The minimum Gasteiger partial charge on any atom is -0.399 e. The van der Waals surface area contributed by atoms with Gasteiger partial charge in [-0.2, -0.15) is 0 Å². The number of carbonyl (C=O) groups is 1. The number of carbonyl (C=O) groups excluding carboxylic acids is 1. The van der Waals surface area contributed by atoms with Crippen molar-refractivity contribution in [1.29, 1.82) is 0 Å². The van der Waals surface area contributed by atoms with Gasteiger partial charge >= 0.3 is 0 Å². The largest absolute Gasteiger partial charge is 0.399 e. The van der Waals surface area contributed by atoms with Crippen LogP contribution in [0.2, 0.25) is 0 Å². The van der Waals surface area contributed by atoms with Gasteiger partial charge in [0.25, 0.3) is 5.91 Å². The fourth-order valence-electron chi connectivity index (χ4n) is 4.80. The molecule has 4 N–H and O–H groups in total. The molecule has 1 aromatic heterocycles. The van der Waals surface area contributed by atoms with Crippen LogP contribution < -0.4 is 16.4 Å². The van der Waals surface area contributed by atoms with Crippen LogP contribution in [0.1, 0.15) is 43.7 Å². The van der Waals surface area contributed by atoms with E-state index in [0.29, 0.717) is 23.6 Å². The molecule has 0 aliphatic carbocycles. The summed E-state index contributed by atoms with van der Waals surface area (Å²) in [5, 5.41) is 1.42. The SMILES string of the molecule is CCCN(OCc1ccc(N)cc1)C(=O)C1=Cc2ccc(-c3cncc(N4CCCC4)c3)cc2N=C(N)C1. The van der Waals surface area contributed by atoms with E-state index in [1.54, 1.807) is 0 Å². The van der Waals surface area contributed by atoms with Gasteiger partial charge in [0, 0.05) is 54.6 Å². The summed E-state index contributed by atoms with van der Waals surface area (Å²) in [6.07, 6.45) is 9.11. The van der Waals surface area contributed by atoms with Crippen molar-refractivity contribution >= 4 is 34.9 Å². The van der Waals surface area contributed by atoms with Gasteiger partial charge in [-0.25, -0.2) is 10.1 Å². The third kappa shape index (κ3) is 5.86. The zero-order chi connectivity index (χ0) is 26.5. The number of hydrogen-bond acceptors (Lipinski definition) is 7. The summed E-state index contributed by atoms with van der Waals surface area (Å²) >= 11 is 0. The molecule has 1 saturated heterocycles. The first kappa shape index (κ1) is 25.5. The highest BCUT2D eigenvalue weighted by atomic mass is 16.7. The number of nitrogens with two attached hydrogens (primary N) is 2. The second-order valence-corrected chi connectivity index (χ2v) is 9.77. The summed E-state index contributed by atoms with van der Waals surface area (Å²) < 4.78 is 0. The molecule has 5 rings (SSSR count). The summed E-state index contributed by atoms with van der Waals surface area (Å²) in [5.41, 5.74) is 19.0. The summed E-state index contributed by atoms with van der Waals surface area (Å²) in [5.74, 6) is 0.180. The molecule has 0 spiro atoms. The predicted molar refractivity (Wildman–Crippen MR) is 153 cm³/mol. The summed E-state index contributed by atoms with van der Waals surface area (Å²) in [6, 6.07) is 15.6. The molecule has 0 saturated carbocycles. The van der Waals surface area contributed by atoms with Gasteiger partial charge in [-0.15, -0.1) is 0 Å². The minimum atomic E-state index is -0.208. The van der Waals surface area contributed by atoms with Crippen LogP contribution in [0.25, 0.3) is 17.2 Å². The van der Waals surface area contributed by atoms with Crippen LogP contribution in [0, 0.1) is 0 Å². The fraction of sp³-hybridized carbons (Fsp3) is 0.300. The van der Waals surface area contributed by atoms with Gasteiger partial charge in [-0.1, -0.05) is 31.2 Å². The third-order valence-corrected chi connectivity index (χ3v) is 6.82. The maximum Gasteiger partial charge on any atom is 0.273 e. The Morgan fingerprint density at radius 1 is 1.03 bits per heavy atom. The Bertz CT molecular complexity index is 1360. The van der Waals surface area contributed by atoms with Crippen molar-refractivity contribution < 1.29 is 9.63 Å². The van der Waals surface area contributed by atoms with Crippen molar-refractivity contribution in [3.63, 3.8) is 0 Å². The van der Waals surface area contributed by atoms with E-state index >= 15 is 0 Å². The van der Waals surface area contributed by atoms with E-state index in [9.17, 15) is 4.79 Å². The molecule has 2 aromatic carbocycles. The number of amides is 1. The molecule has 2 aliphatic heterocycles. The lowest BCUT2D eigenvalue weighted by Gasteiger charge is -2.22. The quantitative estimate of drug-likeness (QED) is 0.323. The standard InChI is InChI=1S/C30H34N6O2/c1-2-11-36(38-20-21-5-9-26(31)10-6-21)30(37)24-14-23-8-7-22(16-28(23)34-29(32)17-24)25-15-27(19-33-18-25)35-12-3-4-13-35/h5-10,14-16,18-19H,2-4,11-13,17,20,31H2,1H3,(H2,32,34). The molecule has 0 unspecified atom stereocenters. The summed E-state index contributed by atoms with van der Waals surface area (Å²) in [7, 11) is 0. The molecule has 3 aromatic rings. The Kier molecular flexibility index (Phi) is 7.70. The molecule has 0 bridgehead atoms. The Morgan fingerprint density at radius 3 is 2.58 bits per heavy atom. The van der Waals surface area contributed by atoms with Gasteiger partial charge in [0.1, 0.15) is 12.4 Å². The number of rotatable bonds is 8. The average molecular weight is 511 g/mol. The van der Waals surface area contributed by atoms with Crippen LogP contribution in [-0.4, -0.2) is 41.4 Å². The Morgan fingerprint density at radius 2 is 1.82 bits per heavy atom. The van der Waals surface area contributed by atoms with Crippen LogP contribution in [0.3, 0.4) is 0 Å². The number of pyridine rings is 1. The number of aromatic nitrogens is 1. The highest BCUT2D eigenvalue weighted by Crippen LogP contribution is 2.33. The van der Waals surface area contributed by atoms with Crippen LogP contribution in [0.15, 0.2) is 71.5 Å². The summed E-state index contributed by atoms with van der Waals surface area (Å²) in [6.45, 7) is 4.88. The molecule has 8 nitrogen and oxygen atoms in total. The minimum absolute atomic E-state index is 0.208. The van der Waals surface area contributed by atoms with Gasteiger partial charge in [0.05, 0.1) is 17.6 Å². The number of hydrogen-bond donors (Lipinski definition) is 2. The van der Waals surface area contributed by atoms with Gasteiger partial charge in [-0.05, 0) is 60.7 Å². The van der Waals surface area contributed by atoms with Crippen LogP contribution in [0.5, 0.6) is 0 Å². The van der Waals surface area contributed by atoms with E-state index in [2.05, 4.69) is 20.9 Å². The number of fused-ring (bicyclic) bond motifs is 1. The van der Waals surface area contributed by atoms with Crippen LogP contribution in [-0.2, 0) is 16.2 Å². The van der Waals surface area contributed by atoms with E-state index in [4.69, 9.17) is 16.3 Å². The molecule has 8 heteroatoms. The highest BCUT2D eigenvalue weighted by Gasteiger charge is 2.23. The van der Waals surface area contributed by atoms with Gasteiger partial charge < -0.3 is 16.4 Å². The number of nitrogen functional groups attached to an aromatic ring is 1. The van der Waals surface area contributed by atoms with E-state index < -0.39 is 0 Å². The lowest BCUT2D eigenvalue weighted by Crippen LogP contribution is -2.34. The van der Waals surface area contributed by atoms with Gasteiger partial charge in [0.2, 0.25) is 0 Å². The van der Waals surface area contributed by atoms with E-state index in [1.807, 2.05) is 67.9 Å². The molecule has 3 heterocycles. The van der Waals surface area contributed by atoms with Crippen LogP contribution >= 0.6 is 0 Å². The number of nitrogens with zero attached hydrogens (tertiary/aromatic N) is 4. The number of benzene rings is 2. The molecule has 0 atom stereocenters. The Balaban J connectivity index is 1.38. The third-order valence-electron chi connectivity index (χ3n) is 6.82. The molecule has 38 heavy (non-hydrogen) atoms. The van der Waals surface area contributed by atoms with E-state index in [1.165, 1.54) is 17.9 Å². The van der Waals surface area contributed by atoms with Crippen molar-refractivity contribution in [2.75, 3.05) is 30.3 Å². The number of anilines is 2. The predicted octanol–water partition coefficient (Wildman–Crippen LogP) is 5.08. The number of amidine groups is 1. The van der Waals surface area contributed by atoms with Crippen LogP contribution in [0.4, 0.5) is 17.1 Å². The smallest absolute Gasteiger partial charge is 0.273 e. The topological polar surface area (TPSA) is 110 Å². The normalized spacial score (nSPS) is 14.9. The summed E-state index contributed by atoms with van der Waals surface area (Å²) in [4.78, 5) is 30.9. The van der Waals surface area contributed by atoms with Crippen molar-refractivity contribution in [2.45, 2.75) is 39.2 Å². The average Bonchev–Trinajstić information content (AvgIpc) is 3.41. The molecule has 196 valence electrons. The van der Waals surface area contributed by atoms with E-state index in [0.717, 1.165) is 53.1 Å². The molecule has 1 fully saturated rings. The lowest BCUT2D eigenvalue weighted by molar-refractivity contribution is -0.187. The van der Waals surface area contributed by atoms with Crippen molar-refractivity contribution in [2.24, 2.45) is 10.7 Å². The Labute approximate surface area is 223 Å². The lowest BCUT2D eigenvalue weighted by atomic mass is 10.0. The first-order valence-corrected chi connectivity index (χ1v) is 13.2. The number of hydroxylamine groups is 2. The maximum atomic E-state index is 13.5. The zero-order valence-electron chi connectivity index (χ0n) is 21.8. The first-order valence-electron chi connectivity index (χ1n) is 13.2. The second-order valence-electron chi connectivity index (χ2n) is 9.77. The maximum absolute atomic E-state index is 13.5. The monoisotopic (exact) mass is 510 g/mol. The second kappa shape index (κ2) is 11.5. The molecular formula is C30H34N6O2. The van der Waals surface area contributed by atoms with Gasteiger partial charge in [-0.3, -0.25) is 14.6 Å². The van der Waals surface area contributed by atoms with Crippen molar-refractivity contribution in [3.8, 4) is 11.1 Å². The van der Waals surface area contributed by atoms with E-state index in [-0.39, 0.29) is 18.9 Å². The molecule has 2 aliphatic rings. The fourth-order valence-corrected chi connectivity index (χ4v) is 4.80. The van der Waals surface area contributed by atoms with Crippen molar-refractivity contribution in [3.05, 3.63) is 77.6 Å². The number of aliphatic imine (C=N–C) groups is 1.